The van der Waals surface area contributed by atoms with E-state index in [4.69, 9.17) is 11.7 Å². The van der Waals surface area contributed by atoms with Gasteiger partial charge in [-0.2, -0.15) is 5.10 Å². The molecule has 0 aliphatic carbocycles. The number of hydrogen-bond acceptors (Lipinski definition) is 5. The zero-order chi connectivity index (χ0) is 27.8. The average molecular weight is 521 g/mol. The Balaban J connectivity index is 1.96. The van der Waals surface area contributed by atoms with E-state index in [-0.39, 0.29) is 24.6 Å². The number of aliphatic hydroxyl groups excluding tert-OH is 2. The fraction of sp³-hybridized carbons (Fsp3) is 0.286. The van der Waals surface area contributed by atoms with Crippen LogP contribution in [0.5, 0.6) is 0 Å². The number of nitrogens with one attached hydrogen (secondary N) is 1. The first kappa shape index (κ1) is 28.2. The molecule has 0 fully saturated rings. The molecular weight excluding hydrogens is 491 g/mol. The molecule has 0 aliphatic heterocycles. The van der Waals surface area contributed by atoms with Gasteiger partial charge in [-0.05, 0) is 41.8 Å². The molecule has 0 saturated carbocycles. The van der Waals surface area contributed by atoms with Crippen LogP contribution in [0.2, 0.25) is 0 Å². The lowest BCUT2D eigenvalue weighted by atomic mass is 9.98. The number of carboxylic acid groups (broad SMARTS) is 1. The highest BCUT2D eigenvalue weighted by Crippen LogP contribution is 2.28. The summed E-state index contributed by atoms with van der Waals surface area (Å²) in [5.74, 6) is -2.22. The number of aliphatic hydroxyl groups is 2. The summed E-state index contributed by atoms with van der Waals surface area (Å²) in [5.41, 5.74) is 3.01. The number of halogens is 1. The maximum Gasteiger partial charge on any atom is 0.305 e. The van der Waals surface area contributed by atoms with Gasteiger partial charge < -0.3 is 20.6 Å². The third kappa shape index (κ3) is 7.35. The molecule has 2 aromatic carbocycles. The second-order valence-electron chi connectivity index (χ2n) is 9.07. The molecule has 2 atom stereocenters. The van der Waals surface area contributed by atoms with Crippen molar-refractivity contribution in [2.24, 2.45) is 0 Å². The number of hydrogen-bond donors (Lipinski definition) is 4. The number of amides is 1. The van der Waals surface area contributed by atoms with Gasteiger partial charge in [0, 0.05) is 18.5 Å². The van der Waals surface area contributed by atoms with Crippen molar-refractivity contribution in [1.29, 1.82) is 0 Å². The summed E-state index contributed by atoms with van der Waals surface area (Å²) in [6.07, 6.45) is -0.122. The van der Waals surface area contributed by atoms with Crippen molar-refractivity contribution in [1.82, 2.24) is 15.1 Å². The SMILES string of the molecule is [C-]#[N+]c1ccc(CNC(=O)c2nn(-c3ccc(F)cc3)c(C=C[C@@H](O)C[C@@H](O)CC(=O)O)c2C(C)C)cc1. The molecule has 1 heterocycles. The van der Waals surface area contributed by atoms with Crippen LogP contribution in [0.15, 0.2) is 54.6 Å². The first-order chi connectivity index (χ1) is 18.1. The average Bonchev–Trinajstić information content (AvgIpc) is 3.26. The number of carboxylic acids is 1. The van der Waals surface area contributed by atoms with E-state index in [9.17, 15) is 24.2 Å². The van der Waals surface area contributed by atoms with E-state index in [1.54, 1.807) is 30.3 Å². The van der Waals surface area contributed by atoms with E-state index in [0.717, 1.165) is 5.56 Å². The maximum atomic E-state index is 13.6. The summed E-state index contributed by atoms with van der Waals surface area (Å²) >= 11 is 0. The zero-order valence-electron chi connectivity index (χ0n) is 21.0. The number of nitrogens with zero attached hydrogens (tertiary/aromatic N) is 3. The molecule has 0 aliphatic rings. The highest BCUT2D eigenvalue weighted by molar-refractivity contribution is 5.95. The van der Waals surface area contributed by atoms with Gasteiger partial charge in [0.2, 0.25) is 0 Å². The van der Waals surface area contributed by atoms with E-state index >= 15 is 0 Å². The Morgan fingerprint density at radius 3 is 2.37 bits per heavy atom. The fourth-order valence-electron chi connectivity index (χ4n) is 3.92. The normalized spacial score (nSPS) is 12.9. The van der Waals surface area contributed by atoms with Crippen LogP contribution in [-0.2, 0) is 11.3 Å². The van der Waals surface area contributed by atoms with Crippen molar-refractivity contribution in [3.63, 3.8) is 0 Å². The minimum absolute atomic E-state index is 0.155. The molecule has 9 nitrogen and oxygen atoms in total. The number of aliphatic carboxylic acids is 1. The van der Waals surface area contributed by atoms with Crippen LogP contribution in [-0.4, -0.2) is 49.2 Å². The topological polar surface area (TPSA) is 129 Å². The molecule has 0 saturated heterocycles. The van der Waals surface area contributed by atoms with Crippen molar-refractivity contribution < 1.29 is 29.3 Å². The summed E-state index contributed by atoms with van der Waals surface area (Å²) < 4.78 is 15.1. The fourth-order valence-corrected chi connectivity index (χ4v) is 3.92. The Kier molecular flexibility index (Phi) is 9.49. The molecule has 0 spiro atoms. The molecule has 10 heteroatoms. The van der Waals surface area contributed by atoms with Crippen LogP contribution in [0.25, 0.3) is 16.6 Å². The second-order valence-corrected chi connectivity index (χ2v) is 9.07. The molecule has 198 valence electrons. The lowest BCUT2D eigenvalue weighted by Crippen LogP contribution is -2.24. The van der Waals surface area contributed by atoms with Crippen molar-refractivity contribution in [3.8, 4) is 5.69 Å². The monoisotopic (exact) mass is 520 g/mol. The summed E-state index contributed by atoms with van der Waals surface area (Å²) in [5, 5.41) is 36.4. The third-order valence-electron chi connectivity index (χ3n) is 5.74. The van der Waals surface area contributed by atoms with Crippen molar-refractivity contribution in [2.45, 2.75) is 51.4 Å². The minimum Gasteiger partial charge on any atom is -0.481 e. The molecule has 4 N–H and O–H groups in total. The van der Waals surface area contributed by atoms with E-state index in [1.807, 2.05) is 13.8 Å². The van der Waals surface area contributed by atoms with Crippen molar-refractivity contribution in [3.05, 3.63) is 94.4 Å². The molecule has 0 radical (unpaired) electrons. The summed E-state index contributed by atoms with van der Waals surface area (Å²) in [4.78, 5) is 27.4. The molecule has 38 heavy (non-hydrogen) atoms. The number of rotatable bonds is 11. The smallest absolute Gasteiger partial charge is 0.305 e. The van der Waals surface area contributed by atoms with E-state index in [0.29, 0.717) is 22.6 Å². The largest absolute Gasteiger partial charge is 0.481 e. The van der Waals surface area contributed by atoms with E-state index in [1.165, 1.54) is 35.0 Å². The number of carbonyl (C=O) groups excluding carboxylic acids is 1. The maximum absolute atomic E-state index is 13.6. The Hall–Kier alpha value is -4.33. The van der Waals surface area contributed by atoms with E-state index in [2.05, 4.69) is 15.3 Å². The van der Waals surface area contributed by atoms with Gasteiger partial charge in [-0.15, -0.1) is 0 Å². The molecule has 3 rings (SSSR count). The lowest BCUT2D eigenvalue weighted by molar-refractivity contribution is -0.139. The molecule has 1 amide bonds. The Bertz CT molecular complexity index is 1340. The van der Waals surface area contributed by atoms with Gasteiger partial charge in [0.15, 0.2) is 11.4 Å². The Labute approximate surface area is 219 Å². The number of benzene rings is 2. The van der Waals surface area contributed by atoms with Gasteiger partial charge in [0.25, 0.3) is 5.91 Å². The van der Waals surface area contributed by atoms with Crippen LogP contribution in [0.3, 0.4) is 0 Å². The molecule has 1 aromatic heterocycles. The van der Waals surface area contributed by atoms with Crippen LogP contribution >= 0.6 is 0 Å². The predicted octanol–water partition coefficient (Wildman–Crippen LogP) is 4.22. The van der Waals surface area contributed by atoms with Crippen LogP contribution < -0.4 is 5.32 Å². The van der Waals surface area contributed by atoms with Gasteiger partial charge in [-0.25, -0.2) is 13.9 Å². The standard InChI is InChI=1S/C28H29FN4O5/c1-17(2)26-24(13-12-22(34)14-23(35)15-25(36)37)33(21-10-6-19(29)7-11-21)32-27(26)28(38)31-16-18-4-8-20(30-3)9-5-18/h4-13,17,22-23,34-35H,14-16H2,1-2H3,(H,31,38)(H,36,37)/t22-,23-/m1/s1. The molecule has 3 aromatic rings. The Morgan fingerprint density at radius 2 is 1.79 bits per heavy atom. The molecule has 0 bridgehead atoms. The molecule has 0 unspecified atom stereocenters. The molecular formula is C28H29FN4O5. The highest BCUT2D eigenvalue weighted by atomic mass is 19.1. The zero-order valence-corrected chi connectivity index (χ0v) is 21.0. The van der Waals surface area contributed by atoms with Crippen LogP contribution in [0.4, 0.5) is 10.1 Å². The Morgan fingerprint density at radius 1 is 1.13 bits per heavy atom. The lowest BCUT2D eigenvalue weighted by Gasteiger charge is -2.12. The van der Waals surface area contributed by atoms with Gasteiger partial charge in [0.1, 0.15) is 5.82 Å². The summed E-state index contributed by atoms with van der Waals surface area (Å²) in [7, 11) is 0. The van der Waals surface area contributed by atoms with Gasteiger partial charge in [0.05, 0.1) is 36.6 Å². The minimum atomic E-state index is -1.23. The highest BCUT2D eigenvalue weighted by Gasteiger charge is 2.25. The van der Waals surface area contributed by atoms with Gasteiger partial charge >= 0.3 is 5.97 Å². The van der Waals surface area contributed by atoms with Gasteiger partial charge in [-0.1, -0.05) is 44.2 Å². The van der Waals surface area contributed by atoms with E-state index < -0.39 is 36.3 Å². The second kappa shape index (κ2) is 12.8. The first-order valence-corrected chi connectivity index (χ1v) is 12.0. The predicted molar refractivity (Wildman–Crippen MR) is 139 cm³/mol. The summed E-state index contributed by atoms with van der Waals surface area (Å²) in [6, 6.07) is 12.4. The third-order valence-corrected chi connectivity index (χ3v) is 5.74. The van der Waals surface area contributed by atoms with Crippen LogP contribution in [0.1, 0.15) is 59.9 Å². The number of carbonyl (C=O) groups is 2. The first-order valence-electron chi connectivity index (χ1n) is 12.0. The van der Waals surface area contributed by atoms with Gasteiger partial charge in [-0.3, -0.25) is 9.59 Å². The van der Waals surface area contributed by atoms with Crippen molar-refractivity contribution in [2.75, 3.05) is 0 Å². The van der Waals surface area contributed by atoms with Crippen LogP contribution in [0, 0.1) is 12.4 Å². The summed E-state index contributed by atoms with van der Waals surface area (Å²) in [6.45, 7) is 11.0. The van der Waals surface area contributed by atoms with Crippen molar-refractivity contribution >= 4 is 23.6 Å². The number of aromatic nitrogens is 2. The quantitative estimate of drug-likeness (QED) is 0.280.